The van der Waals surface area contributed by atoms with Gasteiger partial charge in [0.25, 0.3) is 0 Å². The average molecular weight is 1780 g/mol. The first kappa shape index (κ1) is 102. The predicted molar refractivity (Wildman–Crippen MR) is 467 cm³/mol. The van der Waals surface area contributed by atoms with Crippen LogP contribution in [-0.2, 0) is 66.5 Å². The second-order valence-electron chi connectivity index (χ2n) is 34.1. The summed E-state index contributed by atoms with van der Waals surface area (Å²) < 4.78 is 94.8. The number of aromatic nitrogens is 4. The molecule has 5 N–H and O–H groups in total. The fourth-order valence-corrected chi connectivity index (χ4v) is 18.2. The van der Waals surface area contributed by atoms with E-state index in [1.54, 1.807) is 16.0 Å². The summed E-state index contributed by atoms with van der Waals surface area (Å²) >= 11 is 0. The third-order valence-corrected chi connectivity index (χ3v) is 25.1. The largest absolute Gasteiger partial charge is 0.724 e. The SMILES string of the molecule is C#CCCCCCC.CCCCCCc1cc([C@@H]2CC[C@@H]3CN2C(=O)N3O)no1.CCCCCCc1cc([C@@H]2CC[C@@H]3CN2C(=O)N3OCc2ccccc2)no1.CCCCCCc1cc([C@@H]2CC[C@@H]3CN2C(=O)N3OS(=O)(=O)[O-])no1.CCCC[N+](CCCC)(CCCC)CCCC.NCCNCCc1cc([C@@H]2CC[C@@H]3CN2C(=O)N3OS(=O)(=O)O)no1. The Bertz CT molecular complexity index is 4040. The minimum Gasteiger partial charge on any atom is -0.724 e. The number of hydroxylamine groups is 8. The summed E-state index contributed by atoms with van der Waals surface area (Å²) in [5.74, 6) is 5.93. The Morgan fingerprint density at radius 2 is 0.815 bits per heavy atom. The molecule has 8 aliphatic rings. The molecule has 8 fully saturated rings. The van der Waals surface area contributed by atoms with E-state index in [4.69, 9.17) is 39.6 Å². The number of terminal acetylenes is 1. The van der Waals surface area contributed by atoms with E-state index in [0.29, 0.717) is 105 Å². The van der Waals surface area contributed by atoms with Gasteiger partial charge in [0.15, 0.2) is 0 Å². The number of carbonyl (C=O) groups is 4. The van der Waals surface area contributed by atoms with Crippen molar-refractivity contribution in [2.45, 2.75) is 348 Å². The summed E-state index contributed by atoms with van der Waals surface area (Å²) in [7, 11) is -9.72. The van der Waals surface area contributed by atoms with Crippen LogP contribution >= 0.6 is 0 Å². The van der Waals surface area contributed by atoms with E-state index in [1.807, 2.05) is 53.4 Å². The number of amides is 8. The number of aryl methyl sites for hydroxylation is 3. The first-order chi connectivity index (χ1) is 59.9. The number of hydrogen-bond acceptors (Lipinski definition) is 23. The zero-order valence-corrected chi connectivity index (χ0v) is 76.8. The Kier molecular flexibility index (Phi) is 43.6. The fraction of sp³-hybridized carbons (Fsp3) is 0.730. The van der Waals surface area contributed by atoms with Crippen molar-refractivity contribution in [2.75, 3.05) is 72.0 Å². The lowest BCUT2D eigenvalue weighted by Gasteiger charge is -2.39. The van der Waals surface area contributed by atoms with Gasteiger partial charge in [0, 0.05) is 102 Å². The summed E-state index contributed by atoms with van der Waals surface area (Å²) in [6.07, 6.45) is 45.4. The lowest BCUT2D eigenvalue weighted by molar-refractivity contribution is -0.929. The second-order valence-corrected chi connectivity index (χ2v) is 36.0. The number of nitrogens with two attached hydrogens (primary N) is 1. The molecule has 5 aromatic rings. The molecule has 0 unspecified atom stereocenters. The molecule has 696 valence electrons. The summed E-state index contributed by atoms with van der Waals surface area (Å²) in [5, 5.41) is 33.2. The van der Waals surface area contributed by atoms with Gasteiger partial charge < -0.3 is 57.8 Å². The Hall–Kier alpha value is -7.76. The summed E-state index contributed by atoms with van der Waals surface area (Å²) in [4.78, 5) is 62.0. The highest BCUT2D eigenvalue weighted by atomic mass is 32.3. The maximum Gasteiger partial charge on any atom is 0.418 e. The number of carbonyl (C=O) groups excluding carboxylic acids is 4. The van der Waals surface area contributed by atoms with Crippen LogP contribution in [0.2, 0.25) is 0 Å². The lowest BCUT2D eigenvalue weighted by atomic mass is 9.98. The van der Waals surface area contributed by atoms with E-state index >= 15 is 0 Å². The standard InChI is InChI=1S/C22H29N3O3.C16H36N.C15H23N3O6S.C15H23N3O3.C13H21N5O6S.C8H14/c1-2-3-4-8-11-19-14-20(23-28-19)21-13-12-18-15-24(21)22(26)25(18)27-16-17-9-6-5-7-10-17;1-5-9-13-17(14-10-6-2,15-11-7-3)16-12-8-4;1-2-3-4-5-6-12-9-13(16-23-12)14-8-7-11-10-17(14)15(19)18(11)24-25(20,21)22;1-2-3-4-5-6-12-9-13(16-21-12)14-8-7-11-10-17(14)15(19)18(11)20;14-4-6-15-5-3-10-7-11(16-23-10)12-2-1-9-8-17(12)13(19)18(9)24-25(20,21)22;1-3-5-7-8-6-4-2/h5-7,9-10,14,18,21H,2-4,8,11-13,15-16H2,1H3;5-16H2,1-4H3;9,11,14H,2-8,10H2,1H3,(H,20,21,22);9,11,14,20H,2-8,10H2,1H3;7,9,12,15H,1-6,8,14H2,(H,20,21,22);1H,4-8H2,2H3/q;+1;;;;/p-1/t18-,21+;;2*11-,14+;9-,12+;/m1.111./s1. The zero-order valence-electron chi connectivity index (χ0n) is 75.2. The van der Waals surface area contributed by atoms with Crippen molar-refractivity contribution in [3.8, 4) is 12.3 Å². The monoisotopic (exact) mass is 1780 g/mol. The molecule has 124 heavy (non-hydrogen) atoms. The number of piperidine rings is 4. The number of fused-ring (bicyclic) bond motifs is 8. The Balaban J connectivity index is 0.000000189. The third kappa shape index (κ3) is 31.3. The summed E-state index contributed by atoms with van der Waals surface area (Å²) in [6, 6.07) is 14.5. The molecule has 0 spiro atoms. The van der Waals surface area contributed by atoms with E-state index in [0.717, 1.165) is 123 Å². The van der Waals surface area contributed by atoms with Crippen molar-refractivity contribution in [1.82, 2.24) is 65.8 Å². The molecular formula is C89H145N15O18S2. The molecule has 0 saturated carbocycles. The van der Waals surface area contributed by atoms with Gasteiger partial charge >= 0.3 is 34.5 Å². The highest BCUT2D eigenvalue weighted by Gasteiger charge is 2.51. The molecule has 4 aromatic heterocycles. The maximum atomic E-state index is 12.9. The van der Waals surface area contributed by atoms with Crippen LogP contribution in [0, 0.1) is 12.3 Å². The van der Waals surface area contributed by atoms with Crippen LogP contribution < -0.4 is 11.1 Å². The number of nitrogens with one attached hydrogen (secondary N) is 1. The molecule has 0 aliphatic carbocycles. The van der Waals surface area contributed by atoms with Crippen molar-refractivity contribution in [3.63, 3.8) is 0 Å². The molecule has 8 aliphatic heterocycles. The van der Waals surface area contributed by atoms with Gasteiger partial charge in [-0.05, 0) is 108 Å². The minimum atomic E-state index is -4.98. The Morgan fingerprint density at radius 3 is 1.19 bits per heavy atom. The Labute approximate surface area is 737 Å². The molecule has 8 saturated heterocycles. The van der Waals surface area contributed by atoms with Crippen molar-refractivity contribution >= 4 is 44.9 Å². The van der Waals surface area contributed by atoms with Gasteiger partial charge in [0.05, 0.1) is 74.5 Å². The van der Waals surface area contributed by atoms with Crippen LogP contribution in [-0.4, -0.2) is 216 Å². The number of benzene rings is 1. The molecule has 33 nitrogen and oxygen atoms in total. The number of urea groups is 4. The fourth-order valence-electron chi connectivity index (χ4n) is 17.4. The highest BCUT2D eigenvalue weighted by Crippen LogP contribution is 2.43. The number of rotatable bonds is 47. The molecular weight excluding hydrogens is 1630 g/mol. The first-order valence-electron chi connectivity index (χ1n) is 46.5. The van der Waals surface area contributed by atoms with Crippen molar-refractivity contribution < 1.29 is 86.3 Å². The van der Waals surface area contributed by atoms with E-state index in [-0.39, 0.29) is 48.3 Å². The van der Waals surface area contributed by atoms with Crippen LogP contribution in [0.25, 0.3) is 0 Å². The van der Waals surface area contributed by atoms with Crippen molar-refractivity contribution in [3.05, 3.63) is 106 Å². The normalized spacial score (nSPS) is 20.8. The van der Waals surface area contributed by atoms with E-state index in [1.165, 1.54) is 169 Å². The molecule has 8 bridgehead atoms. The number of unbranched alkanes of at least 4 members (excludes halogenated alkanes) is 17. The van der Waals surface area contributed by atoms with E-state index < -0.39 is 44.9 Å². The molecule has 35 heteroatoms. The van der Waals surface area contributed by atoms with Gasteiger partial charge in [0.2, 0.25) is 10.4 Å². The smallest absolute Gasteiger partial charge is 0.418 e. The van der Waals surface area contributed by atoms with E-state index in [2.05, 4.69) is 95.8 Å². The molecule has 12 heterocycles. The average Bonchev–Trinajstić information content (AvgIpc) is 1.59. The van der Waals surface area contributed by atoms with Crippen molar-refractivity contribution in [2.24, 2.45) is 5.73 Å². The van der Waals surface area contributed by atoms with Gasteiger partial charge in [-0.3, -0.25) is 14.6 Å². The molecule has 0 radical (unpaired) electrons. The molecule has 8 atom stereocenters. The van der Waals surface area contributed by atoms with Crippen LogP contribution in [0.4, 0.5) is 19.2 Å². The number of hydrogen-bond donors (Lipinski definition) is 4. The summed E-state index contributed by atoms with van der Waals surface area (Å²) in [6.45, 7) is 28.1. The second kappa shape index (κ2) is 53.1. The Morgan fingerprint density at radius 1 is 0.468 bits per heavy atom. The highest BCUT2D eigenvalue weighted by molar-refractivity contribution is 7.81. The predicted octanol–water partition coefficient (Wildman–Crippen LogP) is 17.2. The topological polar surface area (TPSA) is 396 Å². The third-order valence-electron chi connectivity index (χ3n) is 24.4. The van der Waals surface area contributed by atoms with Gasteiger partial charge in [-0.1, -0.05) is 209 Å². The molecule has 1 aromatic carbocycles. The van der Waals surface area contributed by atoms with Gasteiger partial charge in [0.1, 0.15) is 52.4 Å². The molecule has 8 amide bonds. The van der Waals surface area contributed by atoms with Crippen LogP contribution in [0.3, 0.4) is 0 Å². The zero-order chi connectivity index (χ0) is 89.4. The summed E-state index contributed by atoms with van der Waals surface area (Å²) in [5.41, 5.74) is 9.44. The molecule has 13 rings (SSSR count). The van der Waals surface area contributed by atoms with Crippen molar-refractivity contribution in [1.29, 1.82) is 0 Å². The lowest BCUT2D eigenvalue weighted by Crippen LogP contribution is -2.50. The van der Waals surface area contributed by atoms with Crippen LogP contribution in [0.1, 0.15) is 343 Å². The quantitative estimate of drug-likeness (QED) is 0.00702. The van der Waals surface area contributed by atoms with Crippen LogP contribution in [0.15, 0.2) is 72.7 Å². The van der Waals surface area contributed by atoms with Gasteiger partial charge in [-0.15, -0.1) is 16.6 Å². The first-order valence-corrected chi connectivity index (χ1v) is 49.2. The van der Waals surface area contributed by atoms with Crippen LogP contribution in [0.5, 0.6) is 0 Å². The minimum absolute atomic E-state index is 0.0118. The van der Waals surface area contributed by atoms with E-state index in [9.17, 15) is 45.8 Å². The maximum absolute atomic E-state index is 12.9. The number of quaternary nitrogens is 1. The van der Waals surface area contributed by atoms with Gasteiger partial charge in [-0.25, -0.2) is 32.7 Å². The number of nitrogens with zero attached hydrogens (tertiary/aromatic N) is 13. The van der Waals surface area contributed by atoms with Gasteiger partial charge in [-0.2, -0.15) is 27.9 Å².